The summed E-state index contributed by atoms with van der Waals surface area (Å²) in [5, 5.41) is 21.0. The van der Waals surface area contributed by atoms with Crippen LogP contribution in [0.3, 0.4) is 0 Å². The Morgan fingerprint density at radius 3 is 2.28 bits per heavy atom. The number of likely N-dealkylation sites (N-methyl/N-ethyl adjacent to an activating group) is 1. The van der Waals surface area contributed by atoms with Gasteiger partial charge in [-0.25, -0.2) is 5.48 Å². The number of aliphatic hydroxyl groups is 1. The average molecular weight is 630 g/mol. The van der Waals surface area contributed by atoms with E-state index in [0.29, 0.717) is 25.8 Å². The predicted molar refractivity (Wildman–Crippen MR) is 177 cm³/mol. The van der Waals surface area contributed by atoms with Crippen molar-refractivity contribution in [3.8, 4) is 11.1 Å². The third-order valence-electron chi connectivity index (χ3n) is 8.16. The highest BCUT2D eigenvalue weighted by Crippen LogP contribution is 2.39. The number of rotatable bonds is 17. The minimum atomic E-state index is -0.548. The van der Waals surface area contributed by atoms with Crippen molar-refractivity contribution in [3.05, 3.63) is 108 Å². The number of hydroxylamine groups is 1. The first kappa shape index (κ1) is 35.0. The van der Waals surface area contributed by atoms with Crippen LogP contribution < -0.4 is 10.8 Å². The smallest absolute Gasteiger partial charge is 0.243 e. The Morgan fingerprint density at radius 1 is 0.891 bits per heavy atom. The predicted octanol–water partition coefficient (Wildman–Crippen LogP) is 5.97. The maximum absolute atomic E-state index is 12.4. The second-order valence-corrected chi connectivity index (χ2v) is 11.9. The van der Waals surface area contributed by atoms with Crippen LogP contribution in [0.4, 0.5) is 0 Å². The van der Waals surface area contributed by atoms with Gasteiger partial charge in [0.05, 0.1) is 18.8 Å². The van der Waals surface area contributed by atoms with Gasteiger partial charge in [0.2, 0.25) is 11.8 Å². The van der Waals surface area contributed by atoms with Crippen LogP contribution in [0.2, 0.25) is 0 Å². The lowest BCUT2D eigenvalue weighted by Crippen LogP contribution is -2.37. The molecular weight excluding hydrogens is 582 g/mol. The van der Waals surface area contributed by atoms with Gasteiger partial charge in [-0.1, -0.05) is 79.6 Å². The molecule has 3 aromatic carbocycles. The van der Waals surface area contributed by atoms with Crippen molar-refractivity contribution in [3.63, 3.8) is 0 Å². The Balaban J connectivity index is 1.39. The van der Waals surface area contributed by atoms with E-state index in [0.717, 1.165) is 65.7 Å². The lowest BCUT2D eigenvalue weighted by atomic mass is 9.98. The molecule has 46 heavy (non-hydrogen) atoms. The third-order valence-corrected chi connectivity index (χ3v) is 8.16. The van der Waals surface area contributed by atoms with Gasteiger partial charge < -0.3 is 24.8 Å². The summed E-state index contributed by atoms with van der Waals surface area (Å²) in [6.07, 6.45) is 5.72. The number of nitrogens with zero attached hydrogens (tertiary/aromatic N) is 1. The molecule has 0 radical (unpaired) electrons. The molecule has 0 saturated carbocycles. The molecule has 1 aliphatic heterocycles. The van der Waals surface area contributed by atoms with Crippen molar-refractivity contribution in [2.24, 2.45) is 0 Å². The molecule has 9 heteroatoms. The van der Waals surface area contributed by atoms with Crippen LogP contribution in [0.5, 0.6) is 0 Å². The fourth-order valence-corrected chi connectivity index (χ4v) is 5.67. The zero-order valence-corrected chi connectivity index (χ0v) is 26.7. The molecule has 1 saturated heterocycles. The van der Waals surface area contributed by atoms with Gasteiger partial charge in [0.25, 0.3) is 0 Å². The average Bonchev–Trinajstić information content (AvgIpc) is 3.09. The molecular formula is C37H47N3O6. The van der Waals surface area contributed by atoms with Gasteiger partial charge in [-0.2, -0.15) is 0 Å². The number of carbonyl (C=O) groups is 2. The highest BCUT2D eigenvalue weighted by atomic mass is 16.7. The summed E-state index contributed by atoms with van der Waals surface area (Å²) >= 11 is 0. The number of ether oxygens (including phenoxy) is 2. The van der Waals surface area contributed by atoms with Crippen LogP contribution in [0.15, 0.2) is 85.5 Å². The van der Waals surface area contributed by atoms with Crippen molar-refractivity contribution >= 4 is 11.8 Å². The molecule has 0 aliphatic carbocycles. The molecule has 9 nitrogen and oxygen atoms in total. The molecule has 1 aliphatic rings. The first-order valence-electron chi connectivity index (χ1n) is 16.1. The first-order valence-corrected chi connectivity index (χ1v) is 16.1. The highest BCUT2D eigenvalue weighted by Gasteiger charge is 2.32. The van der Waals surface area contributed by atoms with Crippen molar-refractivity contribution in [1.29, 1.82) is 0 Å². The van der Waals surface area contributed by atoms with Crippen LogP contribution in [0, 0.1) is 0 Å². The number of hydrogen-bond acceptors (Lipinski definition) is 7. The van der Waals surface area contributed by atoms with Gasteiger partial charge in [-0.15, -0.1) is 6.58 Å². The molecule has 1 heterocycles. The number of unbranched alkanes of at least 4 members (excludes halogenated alkanes) is 3. The van der Waals surface area contributed by atoms with E-state index in [9.17, 15) is 14.7 Å². The van der Waals surface area contributed by atoms with Gasteiger partial charge in [-0.3, -0.25) is 14.8 Å². The molecule has 0 spiro atoms. The SMILES string of the molecule is C=CCN(C)C[C@@H]1C[C@H](c2ccc(CO)cc2)O[C@H](c2cccc(-c3cccc(CNC(=O)CCCCCCC(=O)NO)c3)c2)O1. The van der Waals surface area contributed by atoms with E-state index >= 15 is 0 Å². The van der Waals surface area contributed by atoms with E-state index < -0.39 is 6.29 Å². The summed E-state index contributed by atoms with van der Waals surface area (Å²) in [7, 11) is 2.06. The Labute approximate surface area is 272 Å². The highest BCUT2D eigenvalue weighted by molar-refractivity contribution is 5.76. The van der Waals surface area contributed by atoms with E-state index in [-0.39, 0.29) is 37.0 Å². The number of carbonyl (C=O) groups excluding carboxylic acids is 2. The third kappa shape index (κ3) is 10.9. The molecule has 2 amide bonds. The maximum atomic E-state index is 12.4. The van der Waals surface area contributed by atoms with Gasteiger partial charge in [0.15, 0.2) is 6.29 Å². The zero-order valence-electron chi connectivity index (χ0n) is 26.7. The topological polar surface area (TPSA) is 120 Å². The minimum absolute atomic E-state index is 0.000872. The van der Waals surface area contributed by atoms with Gasteiger partial charge >= 0.3 is 0 Å². The number of aliphatic hydroxyl groups excluding tert-OH is 1. The van der Waals surface area contributed by atoms with Gasteiger partial charge in [-0.05, 0) is 59.8 Å². The molecule has 0 unspecified atom stereocenters. The zero-order chi connectivity index (χ0) is 32.7. The summed E-state index contributed by atoms with van der Waals surface area (Å²) in [5.74, 6) is -0.380. The summed E-state index contributed by atoms with van der Waals surface area (Å²) in [6, 6.07) is 24.3. The van der Waals surface area contributed by atoms with Crippen molar-refractivity contribution < 1.29 is 29.4 Å². The molecule has 3 atom stereocenters. The molecule has 4 rings (SSSR count). The first-order chi connectivity index (χ1) is 22.4. The summed E-state index contributed by atoms with van der Waals surface area (Å²) in [4.78, 5) is 25.7. The molecule has 0 aromatic heterocycles. The lowest BCUT2D eigenvalue weighted by molar-refractivity contribution is -0.252. The monoisotopic (exact) mass is 629 g/mol. The largest absolute Gasteiger partial charge is 0.392 e. The van der Waals surface area contributed by atoms with Crippen LogP contribution >= 0.6 is 0 Å². The minimum Gasteiger partial charge on any atom is -0.392 e. The molecule has 3 aromatic rings. The summed E-state index contributed by atoms with van der Waals surface area (Å²) < 4.78 is 13.1. The second-order valence-electron chi connectivity index (χ2n) is 11.9. The van der Waals surface area contributed by atoms with E-state index in [1.165, 1.54) is 0 Å². The maximum Gasteiger partial charge on any atom is 0.243 e. The second kappa shape index (κ2) is 18.3. The fourth-order valence-electron chi connectivity index (χ4n) is 5.67. The number of amides is 2. The van der Waals surface area contributed by atoms with E-state index in [2.05, 4.69) is 48.1 Å². The normalized spacial score (nSPS) is 17.9. The van der Waals surface area contributed by atoms with Gasteiger partial charge in [0, 0.05) is 44.5 Å². The van der Waals surface area contributed by atoms with Gasteiger partial charge in [0.1, 0.15) is 0 Å². The standard InChI is InChI=1S/C37H47N3O6/c1-3-20-40(2)25-33-23-34(29-18-16-27(26-41)17-19-29)46-37(45-33)32-13-9-12-31(22-32)30-11-8-10-28(21-30)24-38-35(42)14-6-4-5-7-15-36(43)39-44/h3,8-13,16-19,21-22,33-34,37,41,44H,1,4-7,14-15,20,23-26H2,2H3,(H,38,42)(H,39,43)/t33-,34+,37+/m0/s1. The van der Waals surface area contributed by atoms with Crippen molar-refractivity contribution in [2.45, 2.75) is 76.6 Å². The fraction of sp³-hybridized carbons (Fsp3) is 0.405. The summed E-state index contributed by atoms with van der Waals surface area (Å²) in [6.45, 7) is 5.81. The summed E-state index contributed by atoms with van der Waals surface area (Å²) in [5.41, 5.74) is 7.56. The lowest BCUT2D eigenvalue weighted by Gasteiger charge is -2.37. The number of benzene rings is 3. The Kier molecular flexibility index (Phi) is 13.9. The molecule has 4 N–H and O–H groups in total. The van der Waals surface area contributed by atoms with E-state index in [1.54, 1.807) is 5.48 Å². The van der Waals surface area contributed by atoms with Crippen LogP contribution in [0.25, 0.3) is 11.1 Å². The Morgan fingerprint density at radius 2 is 1.59 bits per heavy atom. The quantitative estimate of drug-likeness (QED) is 0.0629. The Hall–Kier alpha value is -3.86. The molecule has 0 bridgehead atoms. The molecule has 246 valence electrons. The Bertz CT molecular complexity index is 1410. The molecule has 1 fully saturated rings. The van der Waals surface area contributed by atoms with Crippen LogP contribution in [-0.4, -0.2) is 53.3 Å². The van der Waals surface area contributed by atoms with Crippen LogP contribution in [0.1, 0.15) is 79.6 Å². The number of hydrogen-bond donors (Lipinski definition) is 4. The van der Waals surface area contributed by atoms with E-state index in [4.69, 9.17) is 14.7 Å². The number of nitrogens with one attached hydrogen (secondary N) is 2. The van der Waals surface area contributed by atoms with E-state index in [1.807, 2.05) is 54.6 Å². The van der Waals surface area contributed by atoms with Crippen molar-refractivity contribution in [2.75, 3.05) is 20.1 Å². The van der Waals surface area contributed by atoms with Crippen molar-refractivity contribution in [1.82, 2.24) is 15.7 Å². The van der Waals surface area contributed by atoms with Crippen LogP contribution in [-0.2, 0) is 32.2 Å².